The zero-order valence-corrected chi connectivity index (χ0v) is 21.8. The highest BCUT2D eigenvalue weighted by atomic mass is 16.5. The molecule has 1 fully saturated rings. The van der Waals surface area contributed by atoms with Crippen LogP contribution >= 0.6 is 0 Å². The van der Waals surface area contributed by atoms with Crippen molar-refractivity contribution in [1.29, 1.82) is 0 Å². The number of aliphatic hydroxyl groups excluding tert-OH is 1. The lowest BCUT2D eigenvalue weighted by molar-refractivity contribution is -0.142. The maximum absolute atomic E-state index is 11.3. The molecule has 3 rings (SSSR count). The number of nitrogen functional groups attached to an aromatic ring is 1. The number of aromatic nitrogens is 2. The van der Waals surface area contributed by atoms with Gasteiger partial charge in [-0.2, -0.15) is 4.98 Å². The number of hydrogen-bond acceptors (Lipinski definition) is 8. The molecule has 9 nitrogen and oxygen atoms in total. The van der Waals surface area contributed by atoms with Gasteiger partial charge >= 0.3 is 5.97 Å². The Morgan fingerprint density at radius 3 is 2.81 bits per heavy atom. The highest BCUT2D eigenvalue weighted by Gasteiger charge is 2.29. The first-order valence-electron chi connectivity index (χ1n) is 13.0. The number of nitrogens with zero attached hydrogens (tertiary/aromatic N) is 3. The minimum absolute atomic E-state index is 0.116. The smallest absolute Gasteiger partial charge is 0.320 e. The summed E-state index contributed by atoms with van der Waals surface area (Å²) in [6.07, 6.45) is 5.70. The lowest BCUT2D eigenvalue weighted by Gasteiger charge is -2.21. The molecular weight excluding hydrogens is 458 g/mol. The van der Waals surface area contributed by atoms with E-state index in [0.29, 0.717) is 19.4 Å². The minimum atomic E-state index is -0.728. The molecule has 2 heterocycles. The van der Waals surface area contributed by atoms with Crippen LogP contribution in [0.4, 0.5) is 11.8 Å². The molecule has 9 heteroatoms. The number of carboxylic acid groups (broad SMARTS) is 1. The molecule has 0 aliphatic carbocycles. The molecule has 1 aliphatic heterocycles. The quantitative estimate of drug-likeness (QED) is 0.288. The zero-order chi connectivity index (χ0) is 26.1. The number of rotatable bonds is 14. The molecule has 1 aromatic carbocycles. The summed E-state index contributed by atoms with van der Waals surface area (Å²) in [5, 5.41) is 22.3. The molecular formula is C27H41N5O4. The zero-order valence-electron chi connectivity index (χ0n) is 21.8. The molecule has 0 radical (unpaired) electrons. The van der Waals surface area contributed by atoms with Gasteiger partial charge in [-0.3, -0.25) is 9.69 Å². The molecule has 1 saturated heterocycles. The summed E-state index contributed by atoms with van der Waals surface area (Å²) in [5.41, 5.74) is 10.1. The third-order valence-corrected chi connectivity index (χ3v) is 6.88. The fraction of sp³-hybridized carbons (Fsp3) is 0.593. The Morgan fingerprint density at radius 2 is 2.11 bits per heavy atom. The van der Waals surface area contributed by atoms with Crippen LogP contribution in [-0.2, 0) is 11.2 Å². The molecule has 0 spiro atoms. The number of aliphatic carboxylic acids is 1. The van der Waals surface area contributed by atoms with Crippen molar-refractivity contribution >= 4 is 17.7 Å². The van der Waals surface area contributed by atoms with Crippen molar-refractivity contribution in [2.24, 2.45) is 0 Å². The van der Waals surface area contributed by atoms with Crippen LogP contribution in [0.5, 0.6) is 5.75 Å². The lowest BCUT2D eigenvalue weighted by Crippen LogP contribution is -2.36. The van der Waals surface area contributed by atoms with Gasteiger partial charge in [0.05, 0.1) is 6.61 Å². The van der Waals surface area contributed by atoms with Crippen molar-refractivity contribution in [2.45, 2.75) is 77.8 Å². The molecule has 1 aromatic heterocycles. The van der Waals surface area contributed by atoms with Gasteiger partial charge in [0, 0.05) is 36.9 Å². The van der Waals surface area contributed by atoms with Gasteiger partial charge in [-0.1, -0.05) is 19.4 Å². The van der Waals surface area contributed by atoms with Crippen LogP contribution in [0, 0.1) is 13.8 Å². The summed E-state index contributed by atoms with van der Waals surface area (Å²) in [4.78, 5) is 22.2. The van der Waals surface area contributed by atoms with E-state index in [-0.39, 0.29) is 24.6 Å². The van der Waals surface area contributed by atoms with Crippen molar-refractivity contribution in [3.8, 4) is 5.75 Å². The number of carboxylic acids is 1. The van der Waals surface area contributed by atoms with Crippen LogP contribution < -0.4 is 15.8 Å². The Morgan fingerprint density at radius 1 is 1.31 bits per heavy atom. The number of likely N-dealkylation sites (tertiary alicyclic amines) is 1. The van der Waals surface area contributed by atoms with Crippen LogP contribution in [0.25, 0.3) is 0 Å². The van der Waals surface area contributed by atoms with Crippen LogP contribution in [0.15, 0.2) is 18.2 Å². The van der Waals surface area contributed by atoms with Crippen LogP contribution in [0.3, 0.4) is 0 Å². The maximum atomic E-state index is 11.3. The van der Waals surface area contributed by atoms with E-state index < -0.39 is 5.97 Å². The lowest BCUT2D eigenvalue weighted by atomic mass is 9.99. The number of hydrogen-bond donors (Lipinski definition) is 4. The number of aliphatic hydroxyl groups is 1. The van der Waals surface area contributed by atoms with Crippen LogP contribution in [-0.4, -0.2) is 69.4 Å². The van der Waals surface area contributed by atoms with Crippen molar-refractivity contribution in [1.82, 2.24) is 14.9 Å². The monoisotopic (exact) mass is 499 g/mol. The first kappa shape index (κ1) is 27.7. The Kier molecular flexibility index (Phi) is 10.3. The summed E-state index contributed by atoms with van der Waals surface area (Å²) < 4.78 is 5.97. The normalized spacial score (nSPS) is 16.7. The van der Waals surface area contributed by atoms with Crippen LogP contribution in [0.1, 0.15) is 67.8 Å². The number of nitrogens with one attached hydrogen (secondary N) is 1. The summed E-state index contributed by atoms with van der Waals surface area (Å²) in [7, 11) is 0. The van der Waals surface area contributed by atoms with E-state index in [2.05, 4.69) is 35.2 Å². The average molecular weight is 500 g/mol. The highest BCUT2D eigenvalue weighted by Crippen LogP contribution is 2.26. The molecule has 0 bridgehead atoms. The third-order valence-electron chi connectivity index (χ3n) is 6.88. The summed E-state index contributed by atoms with van der Waals surface area (Å²) in [6, 6.07) is 5.85. The second kappa shape index (κ2) is 13.4. The molecule has 198 valence electrons. The fourth-order valence-electron chi connectivity index (χ4n) is 4.91. The molecule has 0 saturated carbocycles. The second-order valence-electron chi connectivity index (χ2n) is 9.64. The molecule has 2 aromatic rings. The van der Waals surface area contributed by atoms with E-state index in [1.807, 2.05) is 24.0 Å². The van der Waals surface area contributed by atoms with Gasteiger partial charge in [-0.15, -0.1) is 0 Å². The highest BCUT2D eigenvalue weighted by molar-refractivity contribution is 5.73. The number of nitrogens with two attached hydrogens (primary N) is 1. The number of aryl methyl sites for hydroxylation is 2. The molecule has 1 aliphatic rings. The average Bonchev–Trinajstić information content (AvgIpc) is 3.29. The largest absolute Gasteiger partial charge is 0.494 e. The Labute approximate surface area is 214 Å². The third kappa shape index (κ3) is 7.54. The first-order chi connectivity index (χ1) is 17.3. The Bertz CT molecular complexity index is 1010. The maximum Gasteiger partial charge on any atom is 0.320 e. The number of ether oxygens (including phenoxy) is 1. The van der Waals surface area contributed by atoms with Crippen molar-refractivity contribution in [3.05, 3.63) is 40.6 Å². The second-order valence-corrected chi connectivity index (χ2v) is 9.64. The topological polar surface area (TPSA) is 134 Å². The number of benzene rings is 1. The van der Waals surface area contributed by atoms with Gasteiger partial charge in [-0.05, 0) is 75.8 Å². The van der Waals surface area contributed by atoms with Crippen molar-refractivity contribution in [3.63, 3.8) is 0 Å². The molecule has 0 unspecified atom stereocenters. The van der Waals surface area contributed by atoms with Gasteiger partial charge < -0.3 is 26.0 Å². The van der Waals surface area contributed by atoms with E-state index in [9.17, 15) is 15.0 Å². The fourth-order valence-corrected chi connectivity index (χ4v) is 4.91. The van der Waals surface area contributed by atoms with Crippen molar-refractivity contribution < 1.29 is 19.7 Å². The van der Waals surface area contributed by atoms with Gasteiger partial charge in [0.15, 0.2) is 0 Å². The van der Waals surface area contributed by atoms with E-state index in [1.165, 1.54) is 0 Å². The van der Waals surface area contributed by atoms with E-state index in [4.69, 9.17) is 10.5 Å². The van der Waals surface area contributed by atoms with Gasteiger partial charge in [0.1, 0.15) is 17.6 Å². The van der Waals surface area contributed by atoms with Gasteiger partial charge in [0.2, 0.25) is 5.95 Å². The summed E-state index contributed by atoms with van der Waals surface area (Å²) >= 11 is 0. The van der Waals surface area contributed by atoms with E-state index in [1.54, 1.807) is 0 Å². The molecule has 36 heavy (non-hydrogen) atoms. The summed E-state index contributed by atoms with van der Waals surface area (Å²) in [6.45, 7) is 8.37. The number of anilines is 2. The van der Waals surface area contributed by atoms with Crippen LogP contribution in [0.2, 0.25) is 0 Å². The minimum Gasteiger partial charge on any atom is -0.494 e. The molecule has 0 amide bonds. The van der Waals surface area contributed by atoms with E-state index >= 15 is 0 Å². The number of carbonyl (C=O) groups is 1. The van der Waals surface area contributed by atoms with Gasteiger partial charge in [0.25, 0.3) is 0 Å². The van der Waals surface area contributed by atoms with E-state index in [0.717, 1.165) is 79.1 Å². The summed E-state index contributed by atoms with van der Waals surface area (Å²) in [5.74, 6) is 1.05. The van der Waals surface area contributed by atoms with Crippen molar-refractivity contribution in [2.75, 3.05) is 37.4 Å². The molecule has 2 atom stereocenters. The Hall–Kier alpha value is -2.91. The standard InChI is InChI=1S/C27H41N5O4/c1-4-7-21(11-14-33)30-25-23(19(3)29-27(28)31-25)17-20-9-10-22(16-18(20)2)36-15-6-13-32-12-5-8-24(32)26(34)35/h9-10,16,21,24,33H,4-8,11-15,17H2,1-3H3,(H,34,35)(H3,28,29,30,31)/t21-,24+/m0/s1. The Balaban J connectivity index is 1.63. The SMILES string of the molecule is CCC[C@@H](CCO)Nc1nc(N)nc(C)c1Cc1ccc(OCCCN2CCC[C@@H]2C(=O)O)cc1C. The molecule has 5 N–H and O–H groups in total. The predicted molar refractivity (Wildman–Crippen MR) is 142 cm³/mol. The van der Waals surface area contributed by atoms with Gasteiger partial charge in [-0.25, -0.2) is 4.98 Å². The first-order valence-corrected chi connectivity index (χ1v) is 13.0. The predicted octanol–water partition coefficient (Wildman–Crippen LogP) is 3.55.